The Morgan fingerprint density at radius 3 is 2.45 bits per heavy atom. The van der Waals surface area contributed by atoms with E-state index in [-0.39, 0.29) is 12.3 Å². The number of rotatable bonds is 7. The Balaban J connectivity index is 1.82. The van der Waals surface area contributed by atoms with Gasteiger partial charge in [0.15, 0.2) is 0 Å². The summed E-state index contributed by atoms with van der Waals surface area (Å²) in [6, 6.07) is 12.9. The zero-order chi connectivity index (χ0) is 22.5. The second-order valence-corrected chi connectivity index (χ2v) is 7.96. The van der Waals surface area contributed by atoms with Crippen LogP contribution in [-0.4, -0.2) is 59.3 Å². The van der Waals surface area contributed by atoms with Crippen LogP contribution in [0.5, 0.6) is 5.75 Å². The van der Waals surface area contributed by atoms with E-state index < -0.39 is 30.5 Å². The van der Waals surface area contributed by atoms with Crippen molar-refractivity contribution in [3.05, 3.63) is 64.2 Å². The van der Waals surface area contributed by atoms with E-state index >= 15 is 0 Å². The maximum Gasteiger partial charge on any atom is 0.222 e. The molecule has 0 aromatic heterocycles. The third kappa shape index (κ3) is 5.56. The summed E-state index contributed by atoms with van der Waals surface area (Å²) in [5.41, 5.74) is 2.45. The van der Waals surface area contributed by atoms with Gasteiger partial charge in [0.25, 0.3) is 0 Å². The molecule has 1 fully saturated rings. The topological polar surface area (TPSA) is 108 Å². The third-order valence-corrected chi connectivity index (χ3v) is 5.77. The molecule has 1 heterocycles. The quantitative estimate of drug-likeness (QED) is 0.515. The van der Waals surface area contributed by atoms with Crippen LogP contribution >= 0.6 is 11.6 Å². The monoisotopic (exact) mass is 449 g/mol. The van der Waals surface area contributed by atoms with E-state index in [0.717, 1.165) is 16.9 Å². The minimum Gasteiger partial charge on any atom is -0.494 e. The molecule has 0 spiro atoms. The van der Waals surface area contributed by atoms with Crippen molar-refractivity contribution >= 4 is 17.5 Å². The van der Waals surface area contributed by atoms with E-state index in [2.05, 4.69) is 5.32 Å². The molecule has 0 saturated carbocycles. The van der Waals surface area contributed by atoms with Crippen molar-refractivity contribution in [3.63, 3.8) is 0 Å². The van der Waals surface area contributed by atoms with Gasteiger partial charge in [0.1, 0.15) is 30.2 Å². The Morgan fingerprint density at radius 1 is 1.10 bits per heavy atom. The van der Waals surface area contributed by atoms with Gasteiger partial charge in [-0.1, -0.05) is 35.9 Å². The zero-order valence-electron chi connectivity index (χ0n) is 17.5. The molecule has 168 valence electrons. The van der Waals surface area contributed by atoms with Crippen molar-refractivity contribution in [2.75, 3.05) is 13.7 Å². The van der Waals surface area contributed by atoms with E-state index in [1.165, 1.54) is 7.05 Å². The standard InChI is InChI=1S/C23H28ClNO6/c1-3-30-16-7-4-13(5-8-16)10-15-11-14(6-9-17(15)24)23-22(29)21(28)20(27)18(31-23)12-19(26)25-2/h4-9,11,18,20-23,27-29H,3,10,12H2,1-2H3,(H,25,26)/t18-,20+,21+,22+,23-/m0/s1. The van der Waals surface area contributed by atoms with Crippen molar-refractivity contribution in [2.24, 2.45) is 0 Å². The summed E-state index contributed by atoms with van der Waals surface area (Å²) >= 11 is 6.40. The summed E-state index contributed by atoms with van der Waals surface area (Å²) < 4.78 is 11.3. The number of aliphatic hydroxyl groups excluding tert-OH is 3. The van der Waals surface area contributed by atoms with Crippen LogP contribution in [0.3, 0.4) is 0 Å². The van der Waals surface area contributed by atoms with Crippen LogP contribution in [0.2, 0.25) is 5.02 Å². The first kappa shape index (κ1) is 23.5. The van der Waals surface area contributed by atoms with Gasteiger partial charge in [0, 0.05) is 12.1 Å². The number of carbonyl (C=O) groups is 1. The largest absolute Gasteiger partial charge is 0.494 e. The van der Waals surface area contributed by atoms with Gasteiger partial charge in [-0.25, -0.2) is 0 Å². The van der Waals surface area contributed by atoms with Crippen LogP contribution in [0.25, 0.3) is 0 Å². The van der Waals surface area contributed by atoms with Gasteiger partial charge in [-0.3, -0.25) is 4.79 Å². The Hall–Kier alpha value is -2.16. The molecule has 0 radical (unpaired) electrons. The fourth-order valence-corrected chi connectivity index (χ4v) is 3.86. The van der Waals surface area contributed by atoms with Crippen molar-refractivity contribution < 1.29 is 29.6 Å². The maximum absolute atomic E-state index is 11.8. The number of amides is 1. The van der Waals surface area contributed by atoms with Crippen LogP contribution < -0.4 is 10.1 Å². The second-order valence-electron chi connectivity index (χ2n) is 7.55. The Bertz CT molecular complexity index is 890. The van der Waals surface area contributed by atoms with Gasteiger partial charge in [-0.15, -0.1) is 0 Å². The first-order chi connectivity index (χ1) is 14.8. The van der Waals surface area contributed by atoms with Crippen LogP contribution in [0, 0.1) is 0 Å². The van der Waals surface area contributed by atoms with E-state index in [1.807, 2.05) is 37.3 Å². The molecule has 5 atom stereocenters. The molecule has 7 nitrogen and oxygen atoms in total. The fraction of sp³-hybridized carbons (Fsp3) is 0.435. The Labute approximate surface area is 186 Å². The van der Waals surface area contributed by atoms with Gasteiger partial charge in [-0.2, -0.15) is 0 Å². The predicted molar refractivity (Wildman–Crippen MR) is 116 cm³/mol. The number of carbonyl (C=O) groups excluding carboxylic acids is 1. The molecule has 2 aromatic rings. The first-order valence-electron chi connectivity index (χ1n) is 10.2. The molecule has 0 aliphatic carbocycles. The van der Waals surface area contributed by atoms with Crippen molar-refractivity contribution in [3.8, 4) is 5.75 Å². The smallest absolute Gasteiger partial charge is 0.222 e. The normalized spacial score (nSPS) is 25.8. The van der Waals surface area contributed by atoms with E-state index in [0.29, 0.717) is 23.6 Å². The summed E-state index contributed by atoms with van der Waals surface area (Å²) in [4.78, 5) is 11.8. The molecule has 4 N–H and O–H groups in total. The molecule has 0 bridgehead atoms. The number of ether oxygens (including phenoxy) is 2. The van der Waals surface area contributed by atoms with Crippen LogP contribution in [0.1, 0.15) is 36.1 Å². The van der Waals surface area contributed by atoms with Crippen molar-refractivity contribution in [2.45, 2.75) is 50.3 Å². The molecule has 2 aromatic carbocycles. The Kier molecular flexibility index (Phi) is 7.91. The minimum atomic E-state index is -1.45. The lowest BCUT2D eigenvalue weighted by atomic mass is 9.89. The number of hydrogen-bond acceptors (Lipinski definition) is 6. The van der Waals surface area contributed by atoms with Crippen LogP contribution in [-0.2, 0) is 16.0 Å². The average molecular weight is 450 g/mol. The third-order valence-electron chi connectivity index (χ3n) is 5.40. The lowest BCUT2D eigenvalue weighted by molar-refractivity contribution is -0.225. The van der Waals surface area contributed by atoms with Gasteiger partial charge >= 0.3 is 0 Å². The lowest BCUT2D eigenvalue weighted by Crippen LogP contribution is -2.55. The highest BCUT2D eigenvalue weighted by atomic mass is 35.5. The summed E-state index contributed by atoms with van der Waals surface area (Å²) in [7, 11) is 1.48. The van der Waals surface area contributed by atoms with Gasteiger partial charge in [0.05, 0.1) is 19.1 Å². The molecular weight excluding hydrogens is 422 g/mol. The van der Waals surface area contributed by atoms with Crippen LogP contribution in [0.4, 0.5) is 0 Å². The molecule has 1 aliphatic rings. The van der Waals surface area contributed by atoms with Gasteiger partial charge in [-0.05, 0) is 48.2 Å². The lowest BCUT2D eigenvalue weighted by Gasteiger charge is -2.40. The second kappa shape index (κ2) is 10.4. The van der Waals surface area contributed by atoms with Crippen molar-refractivity contribution in [1.82, 2.24) is 5.32 Å². The van der Waals surface area contributed by atoms with Crippen LogP contribution in [0.15, 0.2) is 42.5 Å². The molecule has 31 heavy (non-hydrogen) atoms. The Morgan fingerprint density at radius 2 is 1.81 bits per heavy atom. The maximum atomic E-state index is 11.8. The molecular formula is C23H28ClNO6. The molecule has 0 unspecified atom stereocenters. The number of nitrogens with one attached hydrogen (secondary N) is 1. The number of benzene rings is 2. The van der Waals surface area contributed by atoms with Gasteiger partial charge in [0.2, 0.25) is 5.91 Å². The summed E-state index contributed by atoms with van der Waals surface area (Å²) in [5.74, 6) is 0.457. The molecule has 8 heteroatoms. The highest BCUT2D eigenvalue weighted by molar-refractivity contribution is 6.31. The van der Waals surface area contributed by atoms with E-state index in [1.54, 1.807) is 12.1 Å². The number of hydrogen-bond donors (Lipinski definition) is 4. The predicted octanol–water partition coefficient (Wildman–Crippen LogP) is 1.99. The minimum absolute atomic E-state index is 0.134. The first-order valence-corrected chi connectivity index (χ1v) is 10.6. The number of aliphatic hydroxyl groups is 3. The average Bonchev–Trinajstić information content (AvgIpc) is 2.77. The zero-order valence-corrected chi connectivity index (χ0v) is 18.2. The van der Waals surface area contributed by atoms with Gasteiger partial charge < -0.3 is 30.1 Å². The molecule has 1 saturated heterocycles. The van der Waals surface area contributed by atoms with E-state index in [9.17, 15) is 20.1 Å². The summed E-state index contributed by atoms with van der Waals surface area (Å²) in [6.07, 6.45) is -5.62. The fourth-order valence-electron chi connectivity index (χ4n) is 3.68. The van der Waals surface area contributed by atoms with Crippen molar-refractivity contribution in [1.29, 1.82) is 0 Å². The molecule has 3 rings (SSSR count). The summed E-state index contributed by atoms with van der Waals surface area (Å²) in [5, 5.41) is 34.1. The highest BCUT2D eigenvalue weighted by Crippen LogP contribution is 2.35. The highest BCUT2D eigenvalue weighted by Gasteiger charge is 2.44. The molecule has 1 aliphatic heterocycles. The van der Waals surface area contributed by atoms with E-state index in [4.69, 9.17) is 21.1 Å². The summed E-state index contributed by atoms with van der Waals surface area (Å²) in [6.45, 7) is 2.52. The number of halogens is 1. The molecule has 1 amide bonds. The SMILES string of the molecule is CCOc1ccc(Cc2cc([C@@H]3O[C@@H](CC(=O)NC)[C@@H](O)[C@@H](O)[C@H]3O)ccc2Cl)cc1.